The Kier molecular flexibility index (Phi) is 6.97. The zero-order valence-corrected chi connectivity index (χ0v) is 19.1. The Morgan fingerprint density at radius 2 is 1.97 bits per heavy atom. The molecule has 1 N–H and O–H groups in total. The smallest absolute Gasteiger partial charge is 0.294 e. The predicted octanol–water partition coefficient (Wildman–Crippen LogP) is 4.22. The predicted molar refractivity (Wildman–Crippen MR) is 129 cm³/mol. The van der Waals surface area contributed by atoms with Crippen LogP contribution in [0.2, 0.25) is 5.02 Å². The summed E-state index contributed by atoms with van der Waals surface area (Å²) in [5, 5.41) is 8.38. The van der Waals surface area contributed by atoms with Gasteiger partial charge in [0.05, 0.1) is 36.7 Å². The number of benzene rings is 2. The Morgan fingerprint density at radius 1 is 1.16 bits per heavy atom. The van der Waals surface area contributed by atoms with Crippen molar-refractivity contribution >= 4 is 23.0 Å². The monoisotopic (exact) mass is 454 g/mol. The Balaban J connectivity index is 1.84. The SMILES string of the molecule is CCCNc1cc(-c2cccc(OC)c2)nn(-c2cc(N3CCOCC3)ccc2Cl)c1=O. The molecular weight excluding hydrogens is 428 g/mol. The van der Waals surface area contributed by atoms with Crippen LogP contribution in [0.5, 0.6) is 5.75 Å². The number of anilines is 2. The summed E-state index contributed by atoms with van der Waals surface area (Å²) in [5.74, 6) is 0.720. The summed E-state index contributed by atoms with van der Waals surface area (Å²) >= 11 is 6.56. The van der Waals surface area contributed by atoms with Gasteiger partial charge in [-0.15, -0.1) is 0 Å². The fourth-order valence-corrected chi connectivity index (χ4v) is 3.85. The van der Waals surface area contributed by atoms with Gasteiger partial charge in [-0.2, -0.15) is 9.78 Å². The lowest BCUT2D eigenvalue weighted by molar-refractivity contribution is 0.122. The van der Waals surface area contributed by atoms with Gasteiger partial charge in [-0.3, -0.25) is 4.79 Å². The molecule has 0 aliphatic carbocycles. The maximum atomic E-state index is 13.3. The lowest BCUT2D eigenvalue weighted by Gasteiger charge is -2.29. The number of nitrogens with one attached hydrogen (secondary N) is 1. The van der Waals surface area contributed by atoms with Crippen molar-refractivity contribution < 1.29 is 9.47 Å². The van der Waals surface area contributed by atoms with Gasteiger partial charge < -0.3 is 19.7 Å². The largest absolute Gasteiger partial charge is 0.497 e. The van der Waals surface area contributed by atoms with Crippen molar-refractivity contribution in [1.29, 1.82) is 0 Å². The first kappa shape index (κ1) is 22.2. The van der Waals surface area contributed by atoms with Crippen LogP contribution >= 0.6 is 11.6 Å². The molecular formula is C24H27ClN4O3. The molecule has 2 aromatic carbocycles. The fraction of sp³-hybridized carbons (Fsp3) is 0.333. The van der Waals surface area contributed by atoms with E-state index in [0.29, 0.717) is 41.8 Å². The highest BCUT2D eigenvalue weighted by atomic mass is 35.5. The van der Waals surface area contributed by atoms with Gasteiger partial charge in [0.1, 0.15) is 11.4 Å². The first-order valence-electron chi connectivity index (χ1n) is 10.8. The molecule has 4 rings (SSSR count). The van der Waals surface area contributed by atoms with Crippen LogP contribution in [0, 0.1) is 0 Å². The molecule has 1 aliphatic rings. The molecule has 0 radical (unpaired) electrons. The van der Waals surface area contributed by atoms with Crippen molar-refractivity contribution in [1.82, 2.24) is 9.78 Å². The quantitative estimate of drug-likeness (QED) is 0.576. The molecule has 1 aromatic heterocycles. The minimum Gasteiger partial charge on any atom is -0.497 e. The average Bonchev–Trinajstić information content (AvgIpc) is 2.84. The molecule has 2 heterocycles. The first-order valence-corrected chi connectivity index (χ1v) is 11.1. The summed E-state index contributed by atoms with van der Waals surface area (Å²) < 4.78 is 12.2. The van der Waals surface area contributed by atoms with Gasteiger partial charge in [0, 0.05) is 30.9 Å². The minimum atomic E-state index is -0.244. The van der Waals surface area contributed by atoms with Crippen LogP contribution in [0.3, 0.4) is 0 Å². The number of nitrogens with zero attached hydrogens (tertiary/aromatic N) is 3. The van der Waals surface area contributed by atoms with E-state index in [2.05, 4.69) is 22.2 Å². The minimum absolute atomic E-state index is 0.244. The molecule has 0 atom stereocenters. The Hall–Kier alpha value is -3.03. The van der Waals surface area contributed by atoms with Gasteiger partial charge in [-0.25, -0.2) is 0 Å². The van der Waals surface area contributed by atoms with E-state index >= 15 is 0 Å². The van der Waals surface area contributed by atoms with Gasteiger partial charge >= 0.3 is 0 Å². The average molecular weight is 455 g/mol. The van der Waals surface area contributed by atoms with Gasteiger partial charge in [0.25, 0.3) is 5.56 Å². The lowest BCUT2D eigenvalue weighted by Crippen LogP contribution is -2.36. The number of ether oxygens (including phenoxy) is 2. The number of methoxy groups -OCH3 is 1. The van der Waals surface area contributed by atoms with Crippen molar-refractivity contribution in [2.75, 3.05) is 50.2 Å². The van der Waals surface area contributed by atoms with Crippen molar-refractivity contribution in [3.8, 4) is 22.7 Å². The van der Waals surface area contributed by atoms with E-state index in [1.54, 1.807) is 13.2 Å². The molecule has 1 fully saturated rings. The number of hydrogen-bond donors (Lipinski definition) is 1. The van der Waals surface area contributed by atoms with Crippen LogP contribution < -0.4 is 20.5 Å². The second kappa shape index (κ2) is 10.1. The highest BCUT2D eigenvalue weighted by molar-refractivity contribution is 6.32. The first-order chi connectivity index (χ1) is 15.6. The van der Waals surface area contributed by atoms with Crippen LogP contribution in [0.1, 0.15) is 13.3 Å². The van der Waals surface area contributed by atoms with Crippen molar-refractivity contribution in [2.45, 2.75) is 13.3 Å². The maximum Gasteiger partial charge on any atom is 0.294 e. The van der Waals surface area contributed by atoms with E-state index in [1.165, 1.54) is 4.68 Å². The molecule has 0 unspecified atom stereocenters. The zero-order valence-electron chi connectivity index (χ0n) is 18.3. The Morgan fingerprint density at radius 3 is 2.72 bits per heavy atom. The van der Waals surface area contributed by atoms with Crippen LogP contribution in [0.15, 0.2) is 53.3 Å². The second-order valence-corrected chi connectivity index (χ2v) is 7.96. The summed E-state index contributed by atoms with van der Waals surface area (Å²) in [7, 11) is 1.62. The molecule has 0 saturated carbocycles. The summed E-state index contributed by atoms with van der Waals surface area (Å²) in [6, 6.07) is 15.1. The summed E-state index contributed by atoms with van der Waals surface area (Å²) in [5.41, 5.74) is 3.26. The van der Waals surface area contributed by atoms with E-state index in [9.17, 15) is 4.79 Å². The Labute approximate surface area is 192 Å². The number of rotatable bonds is 7. The molecule has 168 valence electrons. The highest BCUT2D eigenvalue weighted by Crippen LogP contribution is 2.28. The maximum absolute atomic E-state index is 13.3. The van der Waals surface area contributed by atoms with Gasteiger partial charge in [0.15, 0.2) is 0 Å². The molecule has 0 spiro atoms. The van der Waals surface area contributed by atoms with Crippen LogP contribution in [-0.2, 0) is 4.74 Å². The molecule has 0 bridgehead atoms. The van der Waals surface area contributed by atoms with Crippen LogP contribution in [-0.4, -0.2) is 49.7 Å². The third-order valence-corrected chi connectivity index (χ3v) is 5.70. The summed E-state index contributed by atoms with van der Waals surface area (Å²) in [6.07, 6.45) is 0.892. The normalized spacial score (nSPS) is 13.8. The van der Waals surface area contributed by atoms with E-state index < -0.39 is 0 Å². The molecule has 1 aliphatic heterocycles. The number of halogens is 1. The highest BCUT2D eigenvalue weighted by Gasteiger charge is 2.17. The molecule has 7 nitrogen and oxygen atoms in total. The van der Waals surface area contributed by atoms with Gasteiger partial charge in [-0.1, -0.05) is 30.7 Å². The van der Waals surface area contributed by atoms with Gasteiger partial charge in [0.2, 0.25) is 0 Å². The van der Waals surface area contributed by atoms with Gasteiger partial charge in [-0.05, 0) is 42.8 Å². The summed E-state index contributed by atoms with van der Waals surface area (Å²) in [6.45, 7) is 5.66. The zero-order chi connectivity index (χ0) is 22.5. The fourth-order valence-electron chi connectivity index (χ4n) is 3.65. The standard InChI is InChI=1S/C24H27ClN4O3/c1-3-9-26-22-16-21(17-5-4-6-19(14-17)31-2)27-29(24(22)30)23-15-18(7-8-20(23)25)28-10-12-32-13-11-28/h4-8,14-16,26H,3,9-13H2,1-2H3. The van der Waals surface area contributed by atoms with Crippen molar-refractivity contribution in [3.05, 3.63) is 63.9 Å². The third-order valence-electron chi connectivity index (χ3n) is 5.38. The summed E-state index contributed by atoms with van der Waals surface area (Å²) in [4.78, 5) is 15.6. The van der Waals surface area contributed by atoms with E-state index in [1.807, 2.05) is 42.5 Å². The van der Waals surface area contributed by atoms with E-state index in [4.69, 9.17) is 21.1 Å². The molecule has 8 heteroatoms. The molecule has 32 heavy (non-hydrogen) atoms. The Bertz CT molecular complexity index is 1140. The lowest BCUT2D eigenvalue weighted by atomic mass is 10.1. The molecule has 1 saturated heterocycles. The number of hydrogen-bond acceptors (Lipinski definition) is 6. The van der Waals surface area contributed by atoms with Crippen LogP contribution in [0.25, 0.3) is 16.9 Å². The third kappa shape index (κ3) is 4.74. The van der Waals surface area contributed by atoms with Crippen molar-refractivity contribution in [3.63, 3.8) is 0 Å². The van der Waals surface area contributed by atoms with Crippen molar-refractivity contribution in [2.24, 2.45) is 0 Å². The van der Waals surface area contributed by atoms with E-state index in [-0.39, 0.29) is 5.56 Å². The van der Waals surface area contributed by atoms with Crippen LogP contribution in [0.4, 0.5) is 11.4 Å². The van der Waals surface area contributed by atoms with E-state index in [0.717, 1.165) is 36.5 Å². The topological polar surface area (TPSA) is 68.6 Å². The molecule has 3 aromatic rings. The second-order valence-electron chi connectivity index (χ2n) is 7.55. The number of morpholine rings is 1. The number of aromatic nitrogens is 2. The molecule has 0 amide bonds.